The van der Waals surface area contributed by atoms with Gasteiger partial charge in [0.1, 0.15) is 5.76 Å². The van der Waals surface area contributed by atoms with E-state index in [4.69, 9.17) is 4.42 Å². The standard InChI is InChI=1S/C13H19NO4/c1-8-6-11(18-12(8)13(16)17-3)9(2)14-5-4-10(15)7-14/h6,9-10,15H,4-5,7H2,1-3H3/t9?,10-/m0/s1. The minimum Gasteiger partial charge on any atom is -0.463 e. The Bertz CT molecular complexity index is 440. The zero-order valence-electron chi connectivity index (χ0n) is 11.0. The minimum atomic E-state index is -0.451. The second-order valence-corrected chi connectivity index (χ2v) is 4.77. The summed E-state index contributed by atoms with van der Waals surface area (Å²) in [5.41, 5.74) is 0.781. The van der Waals surface area contributed by atoms with Crippen LogP contribution in [0.25, 0.3) is 0 Å². The fourth-order valence-corrected chi connectivity index (χ4v) is 2.31. The Labute approximate surface area is 106 Å². The topological polar surface area (TPSA) is 62.9 Å². The van der Waals surface area contributed by atoms with Crippen molar-refractivity contribution in [3.8, 4) is 0 Å². The molecule has 1 N–H and O–H groups in total. The summed E-state index contributed by atoms with van der Waals surface area (Å²) >= 11 is 0. The number of hydrogen-bond acceptors (Lipinski definition) is 5. The van der Waals surface area contributed by atoms with Crippen LogP contribution < -0.4 is 0 Å². The molecule has 2 atom stereocenters. The zero-order valence-corrected chi connectivity index (χ0v) is 11.0. The molecule has 1 aromatic heterocycles. The molecule has 0 amide bonds. The highest BCUT2D eigenvalue weighted by atomic mass is 16.5. The number of β-amino-alcohol motifs (C(OH)–C–C–N with tert-alkyl or cyclic N) is 1. The summed E-state index contributed by atoms with van der Waals surface area (Å²) in [5, 5.41) is 9.54. The van der Waals surface area contributed by atoms with Crippen molar-refractivity contribution in [1.29, 1.82) is 0 Å². The van der Waals surface area contributed by atoms with E-state index < -0.39 is 5.97 Å². The van der Waals surface area contributed by atoms with Crippen LogP contribution in [-0.4, -0.2) is 42.3 Å². The predicted octanol–water partition coefficient (Wildman–Crippen LogP) is 1.50. The van der Waals surface area contributed by atoms with E-state index in [-0.39, 0.29) is 17.9 Å². The normalized spacial score (nSPS) is 22.1. The number of aliphatic hydroxyl groups excluding tert-OH is 1. The van der Waals surface area contributed by atoms with E-state index in [0.29, 0.717) is 6.54 Å². The molecule has 0 aromatic carbocycles. The Hall–Kier alpha value is -1.33. The Morgan fingerprint density at radius 2 is 2.39 bits per heavy atom. The molecule has 0 radical (unpaired) electrons. The molecular weight excluding hydrogens is 234 g/mol. The van der Waals surface area contributed by atoms with Crippen molar-refractivity contribution in [1.82, 2.24) is 4.90 Å². The van der Waals surface area contributed by atoms with Crippen LogP contribution in [0.5, 0.6) is 0 Å². The van der Waals surface area contributed by atoms with Gasteiger partial charge in [0.25, 0.3) is 0 Å². The summed E-state index contributed by atoms with van der Waals surface area (Å²) in [6.07, 6.45) is 0.525. The quantitative estimate of drug-likeness (QED) is 0.827. The van der Waals surface area contributed by atoms with E-state index in [0.717, 1.165) is 24.3 Å². The number of ether oxygens (including phenoxy) is 1. The molecule has 1 saturated heterocycles. The summed E-state index contributed by atoms with van der Waals surface area (Å²) in [6, 6.07) is 1.92. The van der Waals surface area contributed by atoms with Gasteiger partial charge in [-0.3, -0.25) is 4.90 Å². The first-order chi connectivity index (χ1) is 8.52. The first-order valence-corrected chi connectivity index (χ1v) is 6.13. The van der Waals surface area contributed by atoms with Gasteiger partial charge in [0.05, 0.1) is 19.3 Å². The molecule has 0 saturated carbocycles. The second kappa shape index (κ2) is 5.12. The van der Waals surface area contributed by atoms with Crippen molar-refractivity contribution in [2.75, 3.05) is 20.2 Å². The monoisotopic (exact) mass is 253 g/mol. The Kier molecular flexibility index (Phi) is 3.73. The van der Waals surface area contributed by atoms with Crippen LogP contribution in [0, 0.1) is 6.92 Å². The van der Waals surface area contributed by atoms with E-state index in [1.807, 2.05) is 19.9 Å². The molecule has 1 aliphatic rings. The van der Waals surface area contributed by atoms with Crippen LogP contribution in [0.2, 0.25) is 0 Å². The third-order valence-corrected chi connectivity index (χ3v) is 3.46. The fourth-order valence-electron chi connectivity index (χ4n) is 2.31. The maximum absolute atomic E-state index is 11.5. The number of esters is 1. The van der Waals surface area contributed by atoms with E-state index in [1.165, 1.54) is 7.11 Å². The van der Waals surface area contributed by atoms with Gasteiger partial charge < -0.3 is 14.3 Å². The van der Waals surface area contributed by atoms with Gasteiger partial charge in [-0.1, -0.05) is 0 Å². The van der Waals surface area contributed by atoms with Crippen molar-refractivity contribution < 1.29 is 19.1 Å². The van der Waals surface area contributed by atoms with E-state index in [9.17, 15) is 9.90 Å². The van der Waals surface area contributed by atoms with Crippen LogP contribution in [0.15, 0.2) is 10.5 Å². The predicted molar refractivity (Wildman–Crippen MR) is 65.4 cm³/mol. The lowest BCUT2D eigenvalue weighted by molar-refractivity contribution is 0.0557. The molecule has 0 bridgehead atoms. The van der Waals surface area contributed by atoms with E-state index in [2.05, 4.69) is 9.64 Å². The van der Waals surface area contributed by atoms with Gasteiger partial charge in [0, 0.05) is 18.7 Å². The minimum absolute atomic E-state index is 0.0549. The lowest BCUT2D eigenvalue weighted by atomic mass is 10.2. The molecule has 5 heteroatoms. The molecule has 2 rings (SSSR count). The summed E-state index contributed by atoms with van der Waals surface area (Å²) in [5.74, 6) is 0.550. The van der Waals surface area contributed by atoms with E-state index in [1.54, 1.807) is 0 Å². The Morgan fingerprint density at radius 3 is 2.94 bits per heavy atom. The Morgan fingerprint density at radius 1 is 1.67 bits per heavy atom. The molecule has 5 nitrogen and oxygen atoms in total. The molecular formula is C13H19NO4. The molecule has 18 heavy (non-hydrogen) atoms. The van der Waals surface area contributed by atoms with Gasteiger partial charge >= 0.3 is 5.97 Å². The molecule has 1 unspecified atom stereocenters. The highest BCUT2D eigenvalue weighted by Gasteiger charge is 2.28. The summed E-state index contributed by atoms with van der Waals surface area (Å²) < 4.78 is 10.2. The lowest BCUT2D eigenvalue weighted by Gasteiger charge is -2.21. The molecule has 2 heterocycles. The maximum Gasteiger partial charge on any atom is 0.374 e. The number of methoxy groups -OCH3 is 1. The lowest BCUT2D eigenvalue weighted by Crippen LogP contribution is -2.25. The molecule has 0 spiro atoms. The maximum atomic E-state index is 11.5. The number of likely N-dealkylation sites (tertiary alicyclic amines) is 1. The van der Waals surface area contributed by atoms with Crippen molar-refractivity contribution in [2.45, 2.75) is 32.4 Å². The number of furan rings is 1. The molecule has 100 valence electrons. The third-order valence-electron chi connectivity index (χ3n) is 3.46. The van der Waals surface area contributed by atoms with Crippen LogP contribution in [-0.2, 0) is 4.74 Å². The molecule has 1 aliphatic heterocycles. The second-order valence-electron chi connectivity index (χ2n) is 4.77. The number of aryl methyl sites for hydroxylation is 1. The number of nitrogens with zero attached hydrogens (tertiary/aromatic N) is 1. The summed E-state index contributed by atoms with van der Waals surface area (Å²) in [4.78, 5) is 13.6. The highest BCUT2D eigenvalue weighted by molar-refractivity contribution is 5.87. The van der Waals surface area contributed by atoms with Gasteiger partial charge in [0.15, 0.2) is 0 Å². The van der Waals surface area contributed by atoms with Gasteiger partial charge in [-0.15, -0.1) is 0 Å². The highest BCUT2D eigenvalue weighted by Crippen LogP contribution is 2.28. The molecule has 1 aromatic rings. The molecule has 1 fully saturated rings. The van der Waals surface area contributed by atoms with Gasteiger partial charge in [-0.05, 0) is 26.3 Å². The summed E-state index contributed by atoms with van der Waals surface area (Å²) in [6.45, 7) is 5.33. The van der Waals surface area contributed by atoms with Crippen LogP contribution in [0.4, 0.5) is 0 Å². The Balaban J connectivity index is 2.16. The first-order valence-electron chi connectivity index (χ1n) is 6.13. The summed E-state index contributed by atoms with van der Waals surface area (Å²) in [7, 11) is 1.34. The smallest absolute Gasteiger partial charge is 0.374 e. The number of aliphatic hydroxyl groups is 1. The molecule has 0 aliphatic carbocycles. The van der Waals surface area contributed by atoms with E-state index >= 15 is 0 Å². The van der Waals surface area contributed by atoms with Crippen LogP contribution in [0.1, 0.15) is 41.3 Å². The van der Waals surface area contributed by atoms with Crippen molar-refractivity contribution in [3.63, 3.8) is 0 Å². The average molecular weight is 253 g/mol. The van der Waals surface area contributed by atoms with Crippen molar-refractivity contribution in [2.24, 2.45) is 0 Å². The van der Waals surface area contributed by atoms with Crippen LogP contribution in [0.3, 0.4) is 0 Å². The van der Waals surface area contributed by atoms with Gasteiger partial charge in [0.2, 0.25) is 5.76 Å². The van der Waals surface area contributed by atoms with Gasteiger partial charge in [-0.25, -0.2) is 4.79 Å². The third kappa shape index (κ3) is 2.42. The number of rotatable bonds is 3. The number of carbonyl (C=O) groups excluding carboxylic acids is 1. The van der Waals surface area contributed by atoms with Crippen molar-refractivity contribution >= 4 is 5.97 Å². The average Bonchev–Trinajstić information content (AvgIpc) is 2.94. The zero-order chi connectivity index (χ0) is 13.3. The number of carbonyl (C=O) groups is 1. The SMILES string of the molecule is COC(=O)c1oc(C(C)N2CC[C@H](O)C2)cc1C. The van der Waals surface area contributed by atoms with Gasteiger partial charge in [-0.2, -0.15) is 0 Å². The first kappa shape index (κ1) is 13.1. The number of hydrogen-bond donors (Lipinski definition) is 1. The van der Waals surface area contributed by atoms with Crippen molar-refractivity contribution in [3.05, 3.63) is 23.2 Å². The largest absolute Gasteiger partial charge is 0.463 e. The fraction of sp³-hybridized carbons (Fsp3) is 0.615. The van der Waals surface area contributed by atoms with Crippen LogP contribution >= 0.6 is 0 Å².